The summed E-state index contributed by atoms with van der Waals surface area (Å²) in [6.45, 7) is 0.446. The molecule has 0 aliphatic heterocycles. The van der Waals surface area contributed by atoms with E-state index in [9.17, 15) is 8.78 Å². The second-order valence-electron chi connectivity index (χ2n) is 4.82. The van der Waals surface area contributed by atoms with Crippen LogP contribution in [0.15, 0.2) is 18.2 Å². The lowest BCUT2D eigenvalue weighted by Gasteiger charge is -2.14. The summed E-state index contributed by atoms with van der Waals surface area (Å²) in [5.41, 5.74) is 1.90. The van der Waals surface area contributed by atoms with Crippen LogP contribution < -0.4 is 21.8 Å². The lowest BCUT2D eigenvalue weighted by Crippen LogP contribution is -3.00. The topological polar surface area (TPSA) is 28.8 Å². The smallest absolute Gasteiger partial charge is 1.00 e. The van der Waals surface area contributed by atoms with Crippen molar-refractivity contribution in [2.45, 2.75) is 32.2 Å². The van der Waals surface area contributed by atoms with Crippen LogP contribution in [0.4, 0.5) is 8.78 Å². The lowest BCUT2D eigenvalue weighted by atomic mass is 10.0. The Kier molecular flexibility index (Phi) is 4.75. The maximum atomic E-state index is 13.2. The Hall–Kier alpha value is -1.01. The monoisotopic (exact) mass is 360 g/mol. The van der Waals surface area contributed by atoms with Crippen LogP contribution in [-0.4, -0.2) is 4.57 Å². The maximum absolute atomic E-state index is 13.2. The summed E-state index contributed by atoms with van der Waals surface area (Å²) in [6.07, 6.45) is 4.34. The average Bonchev–Trinajstić information content (AvgIpc) is 2.71. The van der Waals surface area contributed by atoms with E-state index in [4.69, 9.17) is 5.41 Å². The number of nitrogens with zero attached hydrogens (tertiary/aromatic N) is 1. The van der Waals surface area contributed by atoms with E-state index in [1.165, 1.54) is 34.4 Å². The summed E-state index contributed by atoms with van der Waals surface area (Å²) >= 11 is 1.51. The maximum Gasteiger partial charge on any atom is 1.00 e. The Labute approximate surface area is 131 Å². The zero-order chi connectivity index (χ0) is 13.4. The Bertz CT molecular complexity index is 684. The average molecular weight is 361 g/mol. The summed E-state index contributed by atoms with van der Waals surface area (Å²) in [7, 11) is 0. The van der Waals surface area contributed by atoms with E-state index >= 15 is 0 Å². The van der Waals surface area contributed by atoms with Crippen molar-refractivity contribution in [2.75, 3.05) is 0 Å². The molecule has 1 aromatic heterocycles. The number of halogens is 3. The summed E-state index contributed by atoms with van der Waals surface area (Å²) in [4.78, 5) is 1.77. The highest BCUT2D eigenvalue weighted by molar-refractivity contribution is 7.09. The van der Waals surface area contributed by atoms with E-state index in [2.05, 4.69) is 0 Å². The Morgan fingerprint density at radius 2 is 1.95 bits per heavy atom. The van der Waals surface area contributed by atoms with Gasteiger partial charge in [0.05, 0.1) is 6.54 Å². The van der Waals surface area contributed by atoms with E-state index in [0.717, 1.165) is 25.3 Å². The van der Waals surface area contributed by atoms with Gasteiger partial charge in [0.15, 0.2) is 16.4 Å². The molecule has 0 amide bonds. The molecule has 1 N–H and O–H groups in total. The molecule has 6 heteroatoms. The van der Waals surface area contributed by atoms with E-state index in [1.54, 1.807) is 6.07 Å². The van der Waals surface area contributed by atoms with Crippen molar-refractivity contribution >= 4 is 11.3 Å². The van der Waals surface area contributed by atoms with Crippen LogP contribution in [-0.2, 0) is 19.4 Å². The van der Waals surface area contributed by atoms with Crippen LogP contribution in [0, 0.1) is 17.0 Å². The highest BCUT2D eigenvalue weighted by Crippen LogP contribution is 2.24. The number of rotatable bonds is 2. The van der Waals surface area contributed by atoms with Crippen LogP contribution in [0.1, 0.15) is 30.4 Å². The van der Waals surface area contributed by atoms with E-state index < -0.39 is 11.6 Å². The van der Waals surface area contributed by atoms with Crippen molar-refractivity contribution in [3.63, 3.8) is 0 Å². The van der Waals surface area contributed by atoms with Crippen LogP contribution >= 0.6 is 11.3 Å². The molecular weight excluding hydrogens is 346 g/mol. The number of aryl methyl sites for hydroxylation is 1. The number of hydrogen-bond donors (Lipinski definition) is 1. The minimum Gasteiger partial charge on any atom is -1.00 e. The van der Waals surface area contributed by atoms with Crippen molar-refractivity contribution in [3.05, 3.63) is 50.8 Å². The number of thiazole rings is 1. The molecule has 0 bridgehead atoms. The van der Waals surface area contributed by atoms with Gasteiger partial charge in [0.25, 0.3) is 0 Å². The van der Waals surface area contributed by atoms with Gasteiger partial charge in [0.2, 0.25) is 0 Å². The molecule has 1 heterocycles. The van der Waals surface area contributed by atoms with Gasteiger partial charge in [-0.1, -0.05) is 6.07 Å². The molecule has 108 valence electrons. The van der Waals surface area contributed by atoms with Gasteiger partial charge in [-0.3, -0.25) is 5.41 Å². The number of fused-ring (bicyclic) bond motifs is 1. The first-order chi connectivity index (χ1) is 9.15. The van der Waals surface area contributed by atoms with Crippen molar-refractivity contribution in [2.24, 2.45) is 0 Å². The first-order valence-electron chi connectivity index (χ1n) is 6.35. The van der Waals surface area contributed by atoms with Crippen LogP contribution in [0.3, 0.4) is 0 Å². The van der Waals surface area contributed by atoms with E-state index in [1.807, 2.05) is 4.57 Å². The van der Waals surface area contributed by atoms with Crippen LogP contribution in [0.5, 0.6) is 0 Å². The van der Waals surface area contributed by atoms with E-state index in [-0.39, 0.29) is 18.4 Å². The molecule has 3 rings (SSSR count). The molecule has 0 saturated heterocycles. The molecule has 0 radical (unpaired) electrons. The molecule has 20 heavy (non-hydrogen) atoms. The number of benzene rings is 1. The van der Waals surface area contributed by atoms with Gasteiger partial charge < -0.3 is 21.5 Å². The van der Waals surface area contributed by atoms with Gasteiger partial charge in [-0.05, 0) is 43.4 Å². The predicted octanol–water partition coefficient (Wildman–Crippen LogP) is 0.351. The van der Waals surface area contributed by atoms with Gasteiger partial charge in [-0.15, -0.1) is 11.3 Å². The second-order valence-corrected chi connectivity index (χ2v) is 5.90. The van der Waals surface area contributed by atoms with Crippen molar-refractivity contribution in [1.82, 2.24) is 4.57 Å². The first kappa shape index (κ1) is 15.4. The van der Waals surface area contributed by atoms with Crippen molar-refractivity contribution in [3.8, 4) is 0 Å². The molecule has 0 unspecified atom stereocenters. The minimum atomic E-state index is -0.827. The SMILES string of the molecule is N=c1sc2c(n1Cc1ccc(F)c(F)c1)CCCC2.[Br-].[H+]. The summed E-state index contributed by atoms with van der Waals surface area (Å²) < 4.78 is 28.1. The molecule has 0 saturated carbocycles. The third kappa shape index (κ3) is 2.86. The number of aromatic nitrogens is 1. The minimum absolute atomic E-state index is 0. The lowest BCUT2D eigenvalue weighted by molar-refractivity contribution is -0.00000511. The summed E-state index contributed by atoms with van der Waals surface area (Å²) in [5, 5.41) is 8.03. The molecule has 1 aliphatic rings. The molecule has 2 aromatic rings. The quantitative estimate of drug-likeness (QED) is 0.800. The molecule has 0 atom stereocenters. The standard InChI is InChI=1S/C14H14F2N2S.BrH/c15-10-6-5-9(7-11(10)16)8-18-12-3-1-2-4-13(12)19-14(18)17;/h5-7,17H,1-4,8H2;1H. The highest BCUT2D eigenvalue weighted by Gasteiger charge is 2.17. The third-order valence-electron chi connectivity index (χ3n) is 3.50. The van der Waals surface area contributed by atoms with Gasteiger partial charge in [-0.2, -0.15) is 0 Å². The van der Waals surface area contributed by atoms with Gasteiger partial charge in [0.1, 0.15) is 0 Å². The fourth-order valence-electron chi connectivity index (χ4n) is 2.54. The van der Waals surface area contributed by atoms with Crippen LogP contribution in [0.25, 0.3) is 0 Å². The molecule has 0 fully saturated rings. The van der Waals surface area contributed by atoms with Crippen molar-refractivity contribution in [1.29, 1.82) is 5.41 Å². The first-order valence-corrected chi connectivity index (χ1v) is 7.16. The molecular formula is C14H15BrF2N2S. The second kappa shape index (κ2) is 6.18. The fraction of sp³-hybridized carbons (Fsp3) is 0.357. The molecule has 0 spiro atoms. The number of hydrogen-bond acceptors (Lipinski definition) is 2. The predicted molar refractivity (Wildman–Crippen MR) is 71.4 cm³/mol. The van der Waals surface area contributed by atoms with Gasteiger partial charge in [0, 0.05) is 10.6 Å². The Morgan fingerprint density at radius 1 is 1.20 bits per heavy atom. The van der Waals surface area contributed by atoms with Crippen molar-refractivity contribution < 1.29 is 27.2 Å². The zero-order valence-corrected chi connectivity index (χ0v) is 13.2. The fourth-order valence-corrected chi connectivity index (χ4v) is 3.63. The largest absolute Gasteiger partial charge is 1.00 e. The Balaban J connectivity index is 0.00000110. The van der Waals surface area contributed by atoms with Gasteiger partial charge in [-0.25, -0.2) is 8.78 Å². The molecule has 1 aromatic carbocycles. The summed E-state index contributed by atoms with van der Waals surface area (Å²) in [5.74, 6) is -1.65. The van der Waals surface area contributed by atoms with Crippen LogP contribution in [0.2, 0.25) is 0 Å². The normalized spacial score (nSPS) is 13.7. The summed E-state index contributed by atoms with van der Waals surface area (Å²) in [6, 6.07) is 3.94. The third-order valence-corrected chi connectivity index (χ3v) is 4.60. The molecule has 1 aliphatic carbocycles. The Morgan fingerprint density at radius 3 is 2.70 bits per heavy atom. The number of nitrogens with one attached hydrogen (secondary N) is 1. The van der Waals surface area contributed by atoms with E-state index in [0.29, 0.717) is 16.9 Å². The van der Waals surface area contributed by atoms with Gasteiger partial charge >= 0.3 is 1.43 Å². The zero-order valence-electron chi connectivity index (χ0n) is 11.8. The highest BCUT2D eigenvalue weighted by atomic mass is 79.9. The molecule has 2 nitrogen and oxygen atoms in total.